The number of pyridine rings is 1. The van der Waals surface area contributed by atoms with E-state index in [9.17, 15) is 14.7 Å². The van der Waals surface area contributed by atoms with Gasteiger partial charge in [0.25, 0.3) is 0 Å². The zero-order chi connectivity index (χ0) is 30.1. The molecule has 1 aromatic carbocycles. The predicted molar refractivity (Wildman–Crippen MR) is 159 cm³/mol. The van der Waals surface area contributed by atoms with Crippen LogP contribution in [0.15, 0.2) is 36.5 Å². The van der Waals surface area contributed by atoms with Gasteiger partial charge in [-0.2, -0.15) is 0 Å². The first-order valence-electron chi connectivity index (χ1n) is 14.9. The second kappa shape index (κ2) is 12.4. The molecule has 1 aliphatic heterocycles. The number of aliphatic carboxylic acids is 1. The molecular formula is C33H47N3O5. The molecule has 2 heterocycles. The Labute approximate surface area is 244 Å². The summed E-state index contributed by atoms with van der Waals surface area (Å²) in [6, 6.07) is 8.19. The largest absolute Gasteiger partial charge is 0.481 e. The number of ether oxygens (including phenoxy) is 2. The van der Waals surface area contributed by atoms with Crippen LogP contribution in [0.5, 0.6) is 5.88 Å². The molecule has 1 amide bonds. The number of carbonyl (C=O) groups excluding carboxylic acids is 1. The lowest BCUT2D eigenvalue weighted by molar-refractivity contribution is -0.144. The maximum atomic E-state index is 13.8. The molecule has 8 heteroatoms. The highest BCUT2D eigenvalue weighted by atomic mass is 16.6. The molecule has 1 saturated carbocycles. The minimum Gasteiger partial charge on any atom is -0.481 e. The normalized spacial score (nSPS) is 23.1. The number of hydrogen-bond donors (Lipinski definition) is 2. The molecule has 4 rings (SSSR count). The Kier molecular flexibility index (Phi) is 9.32. The fraction of sp³-hybridized carbons (Fsp3) is 0.606. The van der Waals surface area contributed by atoms with Crippen molar-refractivity contribution in [3.05, 3.63) is 58.8 Å². The highest BCUT2D eigenvalue weighted by Crippen LogP contribution is 2.50. The predicted octanol–water partition coefficient (Wildman–Crippen LogP) is 6.66. The molecule has 0 radical (unpaired) electrons. The lowest BCUT2D eigenvalue weighted by atomic mass is 9.72. The van der Waals surface area contributed by atoms with E-state index in [4.69, 9.17) is 9.47 Å². The van der Waals surface area contributed by atoms with E-state index in [0.29, 0.717) is 18.3 Å². The summed E-state index contributed by atoms with van der Waals surface area (Å²) in [5.41, 5.74) is 3.70. The molecule has 8 nitrogen and oxygen atoms in total. The number of methoxy groups -OCH3 is 1. The van der Waals surface area contributed by atoms with Crippen LogP contribution in [0.3, 0.4) is 0 Å². The Hall–Kier alpha value is -3.13. The second-order valence-electron chi connectivity index (χ2n) is 13.2. The monoisotopic (exact) mass is 565 g/mol. The van der Waals surface area contributed by atoms with Crippen LogP contribution in [0, 0.1) is 11.3 Å². The van der Waals surface area contributed by atoms with Crippen molar-refractivity contribution in [2.75, 3.05) is 7.11 Å². The van der Waals surface area contributed by atoms with E-state index < -0.39 is 35.5 Å². The van der Waals surface area contributed by atoms with Crippen molar-refractivity contribution in [3.8, 4) is 5.88 Å². The molecule has 1 saturated heterocycles. The van der Waals surface area contributed by atoms with Crippen LogP contribution in [0.2, 0.25) is 0 Å². The molecule has 2 fully saturated rings. The Bertz CT molecular complexity index is 1230. The van der Waals surface area contributed by atoms with E-state index >= 15 is 0 Å². The number of carbonyl (C=O) groups is 2. The highest BCUT2D eigenvalue weighted by molar-refractivity contribution is 5.82. The number of aromatic nitrogens is 1. The van der Waals surface area contributed by atoms with Crippen molar-refractivity contribution in [1.29, 1.82) is 0 Å². The van der Waals surface area contributed by atoms with Gasteiger partial charge in [-0.1, -0.05) is 65.3 Å². The first-order chi connectivity index (χ1) is 19.3. The van der Waals surface area contributed by atoms with Crippen LogP contribution in [-0.4, -0.2) is 52.4 Å². The van der Waals surface area contributed by atoms with Crippen molar-refractivity contribution in [1.82, 2.24) is 15.2 Å². The number of hydrogen-bond acceptors (Lipinski definition) is 6. The van der Waals surface area contributed by atoms with Crippen molar-refractivity contribution in [2.45, 2.75) is 110 Å². The van der Waals surface area contributed by atoms with Crippen LogP contribution in [0.1, 0.15) is 108 Å². The molecule has 4 atom stereocenters. The first kappa shape index (κ1) is 30.8. The molecule has 2 aliphatic rings. The van der Waals surface area contributed by atoms with Crippen LogP contribution in [-0.2, 0) is 16.1 Å². The number of amides is 1. The van der Waals surface area contributed by atoms with Gasteiger partial charge in [0, 0.05) is 30.3 Å². The summed E-state index contributed by atoms with van der Waals surface area (Å²) < 4.78 is 11.3. The molecule has 2 aromatic rings. The number of nitrogens with one attached hydrogen (secondary N) is 1. The van der Waals surface area contributed by atoms with Gasteiger partial charge in [0.05, 0.1) is 19.3 Å². The number of rotatable bonds is 9. The quantitative estimate of drug-likeness (QED) is 0.351. The molecular weight excluding hydrogens is 518 g/mol. The third-order valence-electron chi connectivity index (χ3n) is 8.65. The average molecular weight is 566 g/mol. The van der Waals surface area contributed by atoms with E-state index in [1.165, 1.54) is 16.9 Å². The third kappa shape index (κ3) is 6.37. The molecule has 0 spiro atoms. The van der Waals surface area contributed by atoms with Gasteiger partial charge in [0.1, 0.15) is 6.04 Å². The molecule has 1 aliphatic carbocycles. The van der Waals surface area contributed by atoms with Gasteiger partial charge < -0.3 is 19.9 Å². The summed E-state index contributed by atoms with van der Waals surface area (Å²) in [7, 11) is 1.62. The standard InChI is InChI=1S/C33H47N3O5/c1-19(2)24-14-9-10-15-25(24)28-27(34-18-23-16-22(21-12-11-13-21)17-35-30(23)40-8)26(33(5,6)7)29(31(37)38)36(28)32(39)41-20(3)4/h9-10,14-17,19-21,26-29,34H,11-13,18H2,1-8H3,(H,37,38)/t26-,27-,28-,29-/m0/s1. The van der Waals surface area contributed by atoms with Gasteiger partial charge in [-0.3, -0.25) is 4.90 Å². The summed E-state index contributed by atoms with van der Waals surface area (Å²) in [5.74, 6) is -0.206. The fourth-order valence-corrected chi connectivity index (χ4v) is 6.59. The van der Waals surface area contributed by atoms with Crippen LogP contribution >= 0.6 is 0 Å². The van der Waals surface area contributed by atoms with Gasteiger partial charge in [0.15, 0.2) is 0 Å². The van der Waals surface area contributed by atoms with Crippen LogP contribution < -0.4 is 10.1 Å². The second-order valence-corrected chi connectivity index (χ2v) is 13.2. The van der Waals surface area contributed by atoms with E-state index in [0.717, 1.165) is 29.5 Å². The van der Waals surface area contributed by atoms with Crippen molar-refractivity contribution in [2.24, 2.45) is 11.3 Å². The number of carboxylic acid groups (broad SMARTS) is 1. The van der Waals surface area contributed by atoms with Crippen molar-refractivity contribution in [3.63, 3.8) is 0 Å². The Morgan fingerprint density at radius 3 is 2.37 bits per heavy atom. The third-order valence-corrected chi connectivity index (χ3v) is 8.65. The SMILES string of the molecule is COc1ncc(C2CCC2)cc1CN[C@H]1[C@H](C(C)(C)C)[C@@H](C(=O)O)N(C(=O)OC(C)C)[C@H]1c1ccccc1C(C)C. The average Bonchev–Trinajstić information content (AvgIpc) is 3.22. The lowest BCUT2D eigenvalue weighted by Crippen LogP contribution is -2.48. The molecule has 0 bridgehead atoms. The molecule has 1 aromatic heterocycles. The Morgan fingerprint density at radius 2 is 1.83 bits per heavy atom. The summed E-state index contributed by atoms with van der Waals surface area (Å²) in [6.07, 6.45) is 4.47. The van der Waals surface area contributed by atoms with Gasteiger partial charge in [-0.25, -0.2) is 14.6 Å². The number of benzene rings is 1. The molecule has 224 valence electrons. The van der Waals surface area contributed by atoms with E-state index in [1.807, 2.05) is 45.2 Å². The summed E-state index contributed by atoms with van der Waals surface area (Å²) in [6.45, 7) is 14.4. The molecule has 2 N–H and O–H groups in total. The van der Waals surface area contributed by atoms with E-state index in [1.54, 1.807) is 21.0 Å². The fourth-order valence-electron chi connectivity index (χ4n) is 6.59. The smallest absolute Gasteiger partial charge is 0.411 e. The number of carboxylic acids is 1. The van der Waals surface area contributed by atoms with E-state index in [-0.39, 0.29) is 18.1 Å². The van der Waals surface area contributed by atoms with Crippen LogP contribution in [0.4, 0.5) is 4.79 Å². The van der Waals surface area contributed by atoms with Gasteiger partial charge in [-0.15, -0.1) is 0 Å². The number of likely N-dealkylation sites (tertiary alicyclic amines) is 1. The molecule has 0 unspecified atom stereocenters. The van der Waals surface area contributed by atoms with E-state index in [2.05, 4.69) is 36.3 Å². The van der Waals surface area contributed by atoms with Crippen molar-refractivity contribution >= 4 is 12.1 Å². The topological polar surface area (TPSA) is 101 Å². The van der Waals surface area contributed by atoms with Crippen molar-refractivity contribution < 1.29 is 24.2 Å². The first-order valence-corrected chi connectivity index (χ1v) is 14.9. The Balaban J connectivity index is 1.85. The van der Waals surface area contributed by atoms with Gasteiger partial charge >= 0.3 is 12.1 Å². The molecule has 41 heavy (non-hydrogen) atoms. The summed E-state index contributed by atoms with van der Waals surface area (Å²) in [5, 5.41) is 14.4. The lowest BCUT2D eigenvalue weighted by Gasteiger charge is -2.35. The minimum atomic E-state index is -1.08. The summed E-state index contributed by atoms with van der Waals surface area (Å²) >= 11 is 0. The highest BCUT2D eigenvalue weighted by Gasteiger charge is 2.59. The maximum Gasteiger partial charge on any atom is 0.411 e. The zero-order valence-corrected chi connectivity index (χ0v) is 25.8. The summed E-state index contributed by atoms with van der Waals surface area (Å²) in [4.78, 5) is 32.9. The maximum absolute atomic E-state index is 13.8. The minimum absolute atomic E-state index is 0.176. The van der Waals surface area contributed by atoms with Crippen LogP contribution in [0.25, 0.3) is 0 Å². The van der Waals surface area contributed by atoms with Gasteiger partial charge in [0.2, 0.25) is 5.88 Å². The Morgan fingerprint density at radius 1 is 1.15 bits per heavy atom. The number of nitrogens with zero attached hydrogens (tertiary/aromatic N) is 2. The van der Waals surface area contributed by atoms with Gasteiger partial charge in [-0.05, 0) is 66.7 Å². The zero-order valence-electron chi connectivity index (χ0n) is 25.8.